The second-order valence-electron chi connectivity index (χ2n) is 12.4. The van der Waals surface area contributed by atoms with E-state index in [0.717, 1.165) is 14.7 Å². The van der Waals surface area contributed by atoms with E-state index in [1.54, 1.807) is 6.92 Å². The van der Waals surface area contributed by atoms with Crippen LogP contribution in [0.3, 0.4) is 0 Å². The number of halogens is 3. The second-order valence-corrected chi connectivity index (χ2v) is 15.6. The van der Waals surface area contributed by atoms with Crippen molar-refractivity contribution in [2.24, 2.45) is 11.8 Å². The number of likely N-dealkylation sites (tertiary alicyclic amines) is 1. The van der Waals surface area contributed by atoms with Gasteiger partial charge in [0, 0.05) is 24.5 Å². The molecule has 3 aliphatic heterocycles. The fourth-order valence-corrected chi connectivity index (χ4v) is 8.95. The number of alkyl halides is 3. The van der Waals surface area contributed by atoms with Crippen LogP contribution in [-0.4, -0.2) is 118 Å². The summed E-state index contributed by atoms with van der Waals surface area (Å²) in [6.45, 7) is 14.4. The van der Waals surface area contributed by atoms with Crippen LogP contribution >= 0.6 is 23.1 Å². The van der Waals surface area contributed by atoms with Crippen molar-refractivity contribution < 1.29 is 69.2 Å². The van der Waals surface area contributed by atoms with Gasteiger partial charge >= 0.3 is 23.7 Å². The van der Waals surface area contributed by atoms with Crippen LogP contribution in [0.1, 0.15) is 31.2 Å². The maximum Gasteiger partial charge on any atom is 0.485 e. The van der Waals surface area contributed by atoms with Crippen molar-refractivity contribution in [2.75, 3.05) is 32.6 Å². The third-order valence-corrected chi connectivity index (χ3v) is 11.6. The van der Waals surface area contributed by atoms with Gasteiger partial charge in [-0.2, -0.15) is 17.6 Å². The van der Waals surface area contributed by atoms with E-state index in [9.17, 15) is 37.5 Å². The Bertz CT molecular complexity index is 2060. The number of fused-ring (bicyclic) bond motifs is 2. The first-order valence-electron chi connectivity index (χ1n) is 16.6. The molecule has 0 aromatic carbocycles. The molecule has 17 nitrogen and oxygen atoms in total. The number of hydrogen-bond donors (Lipinski definition) is 3. The van der Waals surface area contributed by atoms with Gasteiger partial charge in [-0.3, -0.25) is 20.4 Å². The van der Waals surface area contributed by atoms with Gasteiger partial charge < -0.3 is 28.8 Å². The first-order chi connectivity index (χ1) is 26.2. The molecule has 306 valence electrons. The number of β-lactam (4-membered cyclic amide) rings is 1. The second kappa shape index (κ2) is 17.6. The molecule has 0 aliphatic carbocycles. The highest BCUT2D eigenvalue weighted by Gasteiger charge is 2.60. The van der Waals surface area contributed by atoms with E-state index in [2.05, 4.69) is 25.1 Å². The van der Waals surface area contributed by atoms with Gasteiger partial charge in [0.2, 0.25) is 15.8 Å². The lowest BCUT2D eigenvalue weighted by molar-refractivity contribution is -0.753. The molecule has 56 heavy (non-hydrogen) atoms. The molecule has 2 saturated heterocycles. The van der Waals surface area contributed by atoms with Gasteiger partial charge in [0.1, 0.15) is 49.6 Å². The number of nitrogens with one attached hydrogen (secondary N) is 2. The Balaban J connectivity index is 0.000000784. The van der Waals surface area contributed by atoms with E-state index in [1.165, 1.54) is 51.1 Å². The molecule has 2 aromatic heterocycles. The monoisotopic (exact) mass is 848 g/mol. The van der Waals surface area contributed by atoms with E-state index in [1.807, 2.05) is 34.7 Å². The van der Waals surface area contributed by atoms with Crippen molar-refractivity contribution in [3.05, 3.63) is 61.1 Å². The molecule has 0 bridgehead atoms. The number of amides is 3. The van der Waals surface area contributed by atoms with Crippen LogP contribution in [0.15, 0.2) is 61.2 Å². The van der Waals surface area contributed by atoms with E-state index in [-0.39, 0.29) is 55.8 Å². The van der Waals surface area contributed by atoms with E-state index >= 15 is 0 Å². The number of aliphatic hydroxyl groups is 1. The molecule has 23 heteroatoms. The summed E-state index contributed by atoms with van der Waals surface area (Å²) < 4.78 is 78.5. The Morgan fingerprint density at radius 1 is 1.18 bits per heavy atom. The molecular formula is C33H39F3N6O11S3. The average Bonchev–Trinajstić information content (AvgIpc) is 3.87. The number of alkyl carbamates (subject to hydrolysis) is 1. The van der Waals surface area contributed by atoms with Gasteiger partial charge in [0.05, 0.1) is 22.9 Å². The normalized spacial score (nSPS) is 22.4. The molecule has 0 spiro atoms. The number of carbonyl (C=O) groups excluding carboxylic acids is 4. The number of amidine groups is 1. The first-order valence-corrected chi connectivity index (χ1v) is 20.0. The number of hydrogen-bond acceptors (Lipinski definition) is 14. The molecule has 0 saturated carbocycles. The SMILES string of the molecule is C=CCOC(=O)NC(=N)C1[C@@H]([n+]2cn3cc(C4=C(C(=O)OCC=C)N5C(=O)[C@H]([C@@H](C)O)[C@H]5[C@H]4C)sc3c2SC)CCN1C(=O)OCC=C.O=S(=O)([O-])C(F)(F)F. The smallest absolute Gasteiger partial charge is 0.485 e. The summed E-state index contributed by atoms with van der Waals surface area (Å²) >= 11 is 2.90. The minimum absolute atomic E-state index is 0.0119. The topological polar surface area (TPSA) is 224 Å². The van der Waals surface area contributed by atoms with Gasteiger partial charge in [-0.1, -0.05) is 68.0 Å². The lowest BCUT2D eigenvalue weighted by Gasteiger charge is -2.46. The average molecular weight is 849 g/mol. The molecule has 3 amide bonds. The van der Waals surface area contributed by atoms with Crippen molar-refractivity contribution in [3.63, 3.8) is 0 Å². The number of imidazole rings is 1. The van der Waals surface area contributed by atoms with Crippen molar-refractivity contribution in [3.8, 4) is 0 Å². The highest BCUT2D eigenvalue weighted by atomic mass is 32.2. The van der Waals surface area contributed by atoms with Crippen molar-refractivity contribution in [2.45, 2.75) is 55.0 Å². The lowest BCUT2D eigenvalue weighted by Crippen LogP contribution is -2.63. The predicted molar refractivity (Wildman–Crippen MR) is 194 cm³/mol. The number of aliphatic hydroxyl groups excluding tert-OH is 1. The number of thioether (sulfide) groups is 1. The molecule has 1 unspecified atom stereocenters. The minimum atomic E-state index is -6.09. The fraction of sp³-hybridized carbons (Fsp3) is 0.455. The number of nitrogens with zero attached hydrogens (tertiary/aromatic N) is 4. The maximum atomic E-state index is 13.3. The van der Waals surface area contributed by atoms with Gasteiger partial charge in [-0.05, 0) is 13.2 Å². The Morgan fingerprint density at radius 3 is 2.32 bits per heavy atom. The van der Waals surface area contributed by atoms with Gasteiger partial charge in [0.15, 0.2) is 10.1 Å². The van der Waals surface area contributed by atoms with Gasteiger partial charge in [-0.15, -0.1) is 0 Å². The summed E-state index contributed by atoms with van der Waals surface area (Å²) in [5.41, 5.74) is -4.81. The molecule has 6 atom stereocenters. The highest BCUT2D eigenvalue weighted by Crippen LogP contribution is 2.52. The number of thiazole rings is 1. The summed E-state index contributed by atoms with van der Waals surface area (Å²) in [4.78, 5) is 56.3. The fourth-order valence-electron chi connectivity index (χ4n) is 6.73. The zero-order valence-corrected chi connectivity index (χ0v) is 32.6. The maximum absolute atomic E-state index is 13.3. The molecular weight excluding hydrogens is 810 g/mol. The van der Waals surface area contributed by atoms with Crippen LogP contribution in [0, 0.1) is 17.2 Å². The highest BCUT2D eigenvalue weighted by molar-refractivity contribution is 7.98. The third kappa shape index (κ3) is 8.65. The van der Waals surface area contributed by atoms with Crippen LogP contribution in [0.5, 0.6) is 0 Å². The number of aromatic nitrogens is 2. The molecule has 3 N–H and O–H groups in total. The summed E-state index contributed by atoms with van der Waals surface area (Å²) in [5.74, 6) is -2.08. The Kier molecular flexibility index (Phi) is 13.8. The van der Waals surface area contributed by atoms with Gasteiger partial charge in [-0.25, -0.2) is 27.4 Å². The molecule has 0 radical (unpaired) electrons. The van der Waals surface area contributed by atoms with Crippen molar-refractivity contribution in [1.82, 2.24) is 19.5 Å². The van der Waals surface area contributed by atoms with E-state index < -0.39 is 57.9 Å². The van der Waals surface area contributed by atoms with Crippen LogP contribution in [0.2, 0.25) is 0 Å². The standard InChI is InChI=1S/C32H38N6O8S2.CHF3O3S/c1-7-12-44-30(41)25-21(17(4)23-22(18(5)39)27(40)38(23)25)20-15-35-16-37(29(47-6)28(35)48-20)19-10-11-36(32(43)46-14-9-3)24(19)26(33)34-31(42)45-13-8-2;2-1(3,4)8(5,6)7/h7-9,15-19,22-24,39H,1-3,10-14H2,4-6H3,(H-,33,34,42);(H,5,6,7)/t17-,18+,19-,22+,23+,24?;/m0./s1. The summed E-state index contributed by atoms with van der Waals surface area (Å²) in [7, 11) is -6.09. The molecule has 5 heterocycles. The molecule has 5 rings (SSSR count). The summed E-state index contributed by atoms with van der Waals surface area (Å²) in [6, 6.07) is -1.72. The zero-order valence-electron chi connectivity index (χ0n) is 30.2. The summed E-state index contributed by atoms with van der Waals surface area (Å²) in [6.07, 6.45) is 8.06. The number of rotatable bonds is 12. The van der Waals surface area contributed by atoms with Crippen LogP contribution < -0.4 is 9.88 Å². The zero-order chi connectivity index (χ0) is 41.9. The quantitative estimate of drug-likeness (QED) is 0.0268. The molecule has 3 aliphatic rings. The minimum Gasteiger partial charge on any atom is -0.741 e. The van der Waals surface area contributed by atoms with Crippen LogP contribution in [0.4, 0.5) is 22.8 Å². The number of esters is 1. The Labute approximate surface area is 327 Å². The van der Waals surface area contributed by atoms with Crippen LogP contribution in [-0.2, 0) is 33.9 Å². The third-order valence-electron chi connectivity index (χ3n) is 8.95. The first kappa shape index (κ1) is 44.0. The van der Waals surface area contributed by atoms with E-state index in [4.69, 9.17) is 32.6 Å². The number of carbonyl (C=O) groups is 4. The lowest BCUT2D eigenvalue weighted by atomic mass is 9.77. The van der Waals surface area contributed by atoms with Crippen molar-refractivity contribution in [1.29, 1.82) is 5.41 Å². The van der Waals surface area contributed by atoms with E-state index in [0.29, 0.717) is 12.0 Å². The molecule has 2 aromatic rings. The Morgan fingerprint density at radius 2 is 1.77 bits per heavy atom. The molecule has 2 fully saturated rings. The predicted octanol–water partition coefficient (Wildman–Crippen LogP) is 3.19. The largest absolute Gasteiger partial charge is 0.741 e. The van der Waals surface area contributed by atoms with Crippen LogP contribution in [0.25, 0.3) is 10.4 Å². The van der Waals surface area contributed by atoms with Gasteiger partial charge in [0.25, 0.3) is 6.33 Å². The van der Waals surface area contributed by atoms with Crippen molar-refractivity contribution >= 4 is 73.5 Å². The summed E-state index contributed by atoms with van der Waals surface area (Å²) in [5, 5.41) is 22.4. The Hall–Kier alpha value is -4.71. The number of ether oxygens (including phenoxy) is 3.